The van der Waals surface area contributed by atoms with E-state index in [2.05, 4.69) is 55.9 Å². The summed E-state index contributed by atoms with van der Waals surface area (Å²) in [7, 11) is 2.04. The summed E-state index contributed by atoms with van der Waals surface area (Å²) in [5.41, 5.74) is 3.86. The maximum absolute atomic E-state index is 13.9. The zero-order chi connectivity index (χ0) is 25.1. The van der Waals surface area contributed by atoms with Gasteiger partial charge >= 0.3 is 0 Å². The summed E-state index contributed by atoms with van der Waals surface area (Å²) in [6.45, 7) is 8.49. The van der Waals surface area contributed by atoms with E-state index < -0.39 is 6.04 Å². The molecule has 0 aliphatic carbocycles. The predicted molar refractivity (Wildman–Crippen MR) is 142 cm³/mol. The van der Waals surface area contributed by atoms with Crippen LogP contribution in [0.15, 0.2) is 54.7 Å². The van der Waals surface area contributed by atoms with Crippen molar-refractivity contribution in [3.05, 3.63) is 71.4 Å². The molecule has 5 nitrogen and oxygen atoms in total. The Morgan fingerprint density at radius 2 is 1.71 bits per heavy atom. The predicted octanol–water partition coefficient (Wildman–Crippen LogP) is 6.22. The van der Waals surface area contributed by atoms with Crippen LogP contribution in [0.2, 0.25) is 0 Å². The lowest BCUT2D eigenvalue weighted by molar-refractivity contribution is -0.127. The molecule has 0 bridgehead atoms. The molecule has 5 heteroatoms. The van der Waals surface area contributed by atoms with E-state index in [1.165, 1.54) is 6.42 Å². The average molecular weight is 474 g/mol. The van der Waals surface area contributed by atoms with Crippen molar-refractivity contribution in [1.29, 1.82) is 0 Å². The molecular formula is C30H39N3O2. The molecule has 0 spiro atoms. The van der Waals surface area contributed by atoms with Crippen molar-refractivity contribution in [2.24, 2.45) is 13.0 Å². The van der Waals surface area contributed by atoms with Crippen molar-refractivity contribution in [2.45, 2.75) is 77.9 Å². The molecule has 2 amide bonds. The molecule has 3 unspecified atom stereocenters. The van der Waals surface area contributed by atoms with Gasteiger partial charge in [0.25, 0.3) is 5.91 Å². The van der Waals surface area contributed by atoms with Gasteiger partial charge in [-0.1, -0.05) is 76.4 Å². The summed E-state index contributed by atoms with van der Waals surface area (Å²) >= 11 is 0. The molecule has 1 N–H and O–H groups in total. The molecule has 4 rings (SSSR count). The van der Waals surface area contributed by atoms with Crippen molar-refractivity contribution in [1.82, 2.24) is 14.8 Å². The number of carbonyl (C=O) groups excluding carboxylic acids is 2. The number of nitrogens with one attached hydrogen (secondary N) is 1. The molecule has 2 aromatic carbocycles. The highest BCUT2D eigenvalue weighted by Gasteiger charge is 2.45. The molecule has 2 heterocycles. The quantitative estimate of drug-likeness (QED) is 0.355. The number of rotatable bonds is 10. The van der Waals surface area contributed by atoms with E-state index in [0.29, 0.717) is 12.0 Å². The third-order valence-corrected chi connectivity index (χ3v) is 7.18. The molecule has 0 fully saturated rings. The molecule has 0 saturated carbocycles. The number of carbonyl (C=O) groups is 2. The number of para-hydroxylation sites is 1. The van der Waals surface area contributed by atoms with Crippen LogP contribution < -0.4 is 5.32 Å². The number of amides is 2. The van der Waals surface area contributed by atoms with Crippen LogP contribution in [0, 0.1) is 5.92 Å². The van der Waals surface area contributed by atoms with Crippen LogP contribution in [0.25, 0.3) is 10.9 Å². The Balaban J connectivity index is 1.76. The van der Waals surface area contributed by atoms with Gasteiger partial charge in [-0.2, -0.15) is 0 Å². The van der Waals surface area contributed by atoms with Crippen molar-refractivity contribution in [3.63, 3.8) is 0 Å². The number of hydrogen-bond acceptors (Lipinski definition) is 2. The summed E-state index contributed by atoms with van der Waals surface area (Å²) in [6, 6.07) is 15.4. The minimum Gasteiger partial charge on any atom is -0.352 e. The zero-order valence-electron chi connectivity index (χ0n) is 21.8. The fourth-order valence-corrected chi connectivity index (χ4v) is 5.47. The maximum Gasteiger partial charge on any atom is 0.255 e. The zero-order valence-corrected chi connectivity index (χ0v) is 21.8. The van der Waals surface area contributed by atoms with Gasteiger partial charge in [0, 0.05) is 41.3 Å². The third kappa shape index (κ3) is 5.00. The molecule has 3 aromatic rings. The Labute approximate surface area is 209 Å². The summed E-state index contributed by atoms with van der Waals surface area (Å²) < 4.78 is 2.11. The number of nitrogens with zero attached hydrogens (tertiary/aromatic N) is 2. The van der Waals surface area contributed by atoms with Crippen LogP contribution in [0.1, 0.15) is 87.3 Å². The van der Waals surface area contributed by atoms with E-state index in [-0.39, 0.29) is 29.8 Å². The second kappa shape index (κ2) is 10.7. The lowest BCUT2D eigenvalue weighted by Gasteiger charge is -2.34. The maximum atomic E-state index is 13.9. The third-order valence-electron chi connectivity index (χ3n) is 7.18. The lowest BCUT2D eigenvalue weighted by Crippen LogP contribution is -2.51. The van der Waals surface area contributed by atoms with Crippen LogP contribution >= 0.6 is 0 Å². The van der Waals surface area contributed by atoms with Crippen molar-refractivity contribution in [3.8, 4) is 0 Å². The molecule has 0 saturated heterocycles. The Morgan fingerprint density at radius 1 is 1.00 bits per heavy atom. The first-order valence-corrected chi connectivity index (χ1v) is 13.1. The molecule has 186 valence electrons. The summed E-state index contributed by atoms with van der Waals surface area (Å²) in [5, 5.41) is 4.36. The van der Waals surface area contributed by atoms with E-state index >= 15 is 0 Å². The summed E-state index contributed by atoms with van der Waals surface area (Å²) in [4.78, 5) is 29.5. The van der Waals surface area contributed by atoms with Crippen LogP contribution in [0.5, 0.6) is 0 Å². The number of fused-ring (bicyclic) bond motifs is 2. The highest BCUT2D eigenvalue weighted by atomic mass is 16.2. The lowest BCUT2D eigenvalue weighted by atomic mass is 9.95. The van der Waals surface area contributed by atoms with Crippen LogP contribution in [0.4, 0.5) is 0 Å². The first kappa shape index (κ1) is 25.0. The van der Waals surface area contributed by atoms with Gasteiger partial charge in [-0.3, -0.25) is 9.59 Å². The number of unbranched alkanes of at least 4 members (excludes halogenated alkanes) is 2. The molecule has 1 aliphatic rings. The largest absolute Gasteiger partial charge is 0.352 e. The first-order chi connectivity index (χ1) is 16.8. The number of aromatic nitrogens is 1. The van der Waals surface area contributed by atoms with Crippen molar-refractivity contribution < 1.29 is 9.59 Å². The normalized spacial score (nSPS) is 17.1. The second-order valence-electron chi connectivity index (χ2n) is 10.5. The van der Waals surface area contributed by atoms with Crippen molar-refractivity contribution in [2.75, 3.05) is 0 Å². The fraction of sp³-hybridized carbons (Fsp3) is 0.467. The summed E-state index contributed by atoms with van der Waals surface area (Å²) in [6.07, 6.45) is 7.11. The minimum atomic E-state index is -0.535. The Hall–Kier alpha value is -3.08. The van der Waals surface area contributed by atoms with Crippen LogP contribution in [-0.2, 0) is 11.8 Å². The molecule has 1 aliphatic heterocycles. The van der Waals surface area contributed by atoms with Gasteiger partial charge in [-0.25, -0.2) is 0 Å². The van der Waals surface area contributed by atoms with E-state index in [0.717, 1.165) is 41.3 Å². The van der Waals surface area contributed by atoms with Gasteiger partial charge in [-0.05, 0) is 43.4 Å². The van der Waals surface area contributed by atoms with E-state index in [9.17, 15) is 9.59 Å². The molecule has 3 atom stereocenters. The molecular weight excluding hydrogens is 434 g/mol. The van der Waals surface area contributed by atoms with Gasteiger partial charge in [0.05, 0.1) is 6.04 Å². The van der Waals surface area contributed by atoms with E-state index in [1.807, 2.05) is 48.3 Å². The molecule has 0 radical (unpaired) electrons. The Bertz CT molecular complexity index is 1200. The minimum absolute atomic E-state index is 0.0471. The van der Waals surface area contributed by atoms with E-state index in [1.54, 1.807) is 0 Å². The van der Waals surface area contributed by atoms with Gasteiger partial charge in [0.1, 0.15) is 6.04 Å². The highest BCUT2D eigenvalue weighted by Crippen LogP contribution is 2.43. The molecule has 1 aromatic heterocycles. The molecule has 35 heavy (non-hydrogen) atoms. The van der Waals surface area contributed by atoms with Gasteiger partial charge < -0.3 is 14.8 Å². The topological polar surface area (TPSA) is 54.3 Å². The van der Waals surface area contributed by atoms with Gasteiger partial charge in [0.15, 0.2) is 0 Å². The van der Waals surface area contributed by atoms with Gasteiger partial charge in [0.2, 0.25) is 5.91 Å². The fourth-order valence-electron chi connectivity index (χ4n) is 5.47. The van der Waals surface area contributed by atoms with Crippen LogP contribution in [0.3, 0.4) is 0 Å². The summed E-state index contributed by atoms with van der Waals surface area (Å²) in [5.74, 6) is 0.165. The van der Waals surface area contributed by atoms with Crippen molar-refractivity contribution >= 4 is 22.7 Å². The van der Waals surface area contributed by atoms with Gasteiger partial charge in [-0.15, -0.1) is 0 Å². The Morgan fingerprint density at radius 3 is 2.46 bits per heavy atom. The number of benzene rings is 2. The monoisotopic (exact) mass is 473 g/mol. The van der Waals surface area contributed by atoms with E-state index in [4.69, 9.17) is 0 Å². The smallest absolute Gasteiger partial charge is 0.255 e. The van der Waals surface area contributed by atoms with Crippen LogP contribution in [-0.4, -0.2) is 33.4 Å². The number of hydrogen-bond donors (Lipinski definition) is 1. The standard InChI is InChI=1S/C30H39N3O2/c1-6-7-8-13-21(4)31-29(34)27(18-20(2)3)33-28(23-15-9-10-16-24(23)30(33)35)25-19-32(5)26-17-12-11-14-22(25)26/h9-12,14-17,19-21,27-28H,6-8,13,18H2,1-5H3,(H,31,34). The SMILES string of the molecule is CCCCCC(C)NC(=O)C(CC(C)C)N1C(=O)c2ccccc2C1c1cn(C)c2ccccc12. The Kier molecular flexibility index (Phi) is 7.63. The second-order valence-corrected chi connectivity index (χ2v) is 10.5. The average Bonchev–Trinajstić information content (AvgIpc) is 3.31. The number of aryl methyl sites for hydroxylation is 1. The highest BCUT2D eigenvalue weighted by molar-refractivity contribution is 6.03. The first-order valence-electron chi connectivity index (χ1n) is 13.1.